The number of carbonyl (C=O) groups is 1. The van der Waals surface area contributed by atoms with Gasteiger partial charge in [0.15, 0.2) is 0 Å². The first-order valence-electron chi connectivity index (χ1n) is 9.14. The van der Waals surface area contributed by atoms with Crippen molar-refractivity contribution in [1.82, 2.24) is 10.3 Å². The molecule has 2 aliphatic rings. The Morgan fingerprint density at radius 1 is 1.15 bits per heavy atom. The predicted octanol–water partition coefficient (Wildman–Crippen LogP) is 2.75. The predicted molar refractivity (Wildman–Crippen MR) is 101 cm³/mol. The van der Waals surface area contributed by atoms with E-state index in [9.17, 15) is 9.18 Å². The molecule has 2 aromatic carbocycles. The number of anilines is 1. The molecule has 5 rings (SSSR count). The molecule has 3 heterocycles. The van der Waals surface area contributed by atoms with Crippen molar-refractivity contribution < 1.29 is 9.18 Å². The van der Waals surface area contributed by atoms with E-state index in [0.717, 1.165) is 36.1 Å². The Kier molecular flexibility index (Phi) is 3.43. The average Bonchev–Trinajstić information content (AvgIpc) is 3.22. The van der Waals surface area contributed by atoms with Gasteiger partial charge >= 0.3 is 0 Å². The minimum atomic E-state index is -0.497. The van der Waals surface area contributed by atoms with Gasteiger partial charge in [0, 0.05) is 46.5 Å². The number of nitrogens with one attached hydrogen (secondary N) is 2. The smallest absolute Gasteiger partial charge is 0.249 e. The fourth-order valence-corrected chi connectivity index (χ4v) is 4.74. The Balaban J connectivity index is 1.75. The lowest BCUT2D eigenvalue weighted by molar-refractivity contribution is 0.100. The molecule has 0 saturated carbocycles. The number of rotatable bonds is 2. The molecule has 26 heavy (non-hydrogen) atoms. The minimum Gasteiger partial charge on any atom is -0.367 e. The van der Waals surface area contributed by atoms with Crippen molar-refractivity contribution in [3.8, 4) is 0 Å². The first kappa shape index (κ1) is 15.6. The highest BCUT2D eigenvalue weighted by Crippen LogP contribution is 2.40. The van der Waals surface area contributed by atoms with Crippen LogP contribution in [0.15, 0.2) is 30.3 Å². The molecule has 2 atom stereocenters. The molecule has 134 valence electrons. The summed E-state index contributed by atoms with van der Waals surface area (Å²) in [7, 11) is 0. The molecule has 2 saturated heterocycles. The Morgan fingerprint density at radius 2 is 2.00 bits per heavy atom. The number of nitrogens with two attached hydrogens (primary N) is 1. The van der Waals surface area contributed by atoms with Crippen LogP contribution >= 0.6 is 0 Å². The third-order valence-electron chi connectivity index (χ3n) is 5.89. The lowest BCUT2D eigenvalue weighted by Gasteiger charge is -2.24. The van der Waals surface area contributed by atoms with Gasteiger partial charge in [-0.25, -0.2) is 4.39 Å². The Labute approximate surface area is 150 Å². The maximum atomic E-state index is 15.0. The zero-order chi connectivity index (χ0) is 17.8. The second-order valence-electron chi connectivity index (χ2n) is 7.40. The summed E-state index contributed by atoms with van der Waals surface area (Å²) in [5.41, 5.74) is 8.24. The van der Waals surface area contributed by atoms with Crippen molar-refractivity contribution in [2.45, 2.75) is 18.9 Å². The van der Waals surface area contributed by atoms with Gasteiger partial charge in [0.25, 0.3) is 0 Å². The van der Waals surface area contributed by atoms with E-state index < -0.39 is 5.91 Å². The minimum absolute atomic E-state index is 0.253. The molecule has 0 spiro atoms. The van der Waals surface area contributed by atoms with Gasteiger partial charge in [-0.1, -0.05) is 6.07 Å². The quantitative estimate of drug-likeness (QED) is 0.664. The van der Waals surface area contributed by atoms with Crippen LogP contribution in [0.3, 0.4) is 0 Å². The number of aromatic amines is 1. The van der Waals surface area contributed by atoms with Gasteiger partial charge in [0.05, 0.1) is 5.69 Å². The molecule has 5 nitrogen and oxygen atoms in total. The SMILES string of the molecule is NC(=O)c1cccc2[nH]c3ccc(F)c(N4CC5CCCNC5C4)c3c12. The van der Waals surface area contributed by atoms with E-state index >= 15 is 0 Å². The largest absolute Gasteiger partial charge is 0.367 e. The summed E-state index contributed by atoms with van der Waals surface area (Å²) in [6.07, 6.45) is 2.34. The second-order valence-corrected chi connectivity index (χ2v) is 7.40. The van der Waals surface area contributed by atoms with E-state index in [4.69, 9.17) is 5.73 Å². The van der Waals surface area contributed by atoms with Gasteiger partial charge < -0.3 is 20.9 Å². The van der Waals surface area contributed by atoms with Crippen LogP contribution in [0.25, 0.3) is 21.8 Å². The number of hydrogen-bond acceptors (Lipinski definition) is 3. The maximum Gasteiger partial charge on any atom is 0.249 e. The van der Waals surface area contributed by atoms with Gasteiger partial charge in [0.1, 0.15) is 5.82 Å². The van der Waals surface area contributed by atoms with Gasteiger partial charge in [-0.3, -0.25) is 4.79 Å². The normalized spacial score (nSPS) is 22.9. The van der Waals surface area contributed by atoms with Crippen molar-refractivity contribution in [1.29, 1.82) is 0 Å². The molecular formula is C20H21FN4O. The summed E-state index contributed by atoms with van der Waals surface area (Å²) in [6.45, 7) is 2.64. The number of primary amides is 1. The fourth-order valence-electron chi connectivity index (χ4n) is 4.74. The lowest BCUT2D eigenvalue weighted by atomic mass is 9.94. The average molecular weight is 352 g/mol. The van der Waals surface area contributed by atoms with Crippen molar-refractivity contribution in [3.05, 3.63) is 41.7 Å². The summed E-state index contributed by atoms with van der Waals surface area (Å²) >= 11 is 0. The van der Waals surface area contributed by atoms with E-state index in [2.05, 4.69) is 15.2 Å². The van der Waals surface area contributed by atoms with Crippen LogP contribution in [-0.4, -0.2) is 36.6 Å². The van der Waals surface area contributed by atoms with Crippen LogP contribution in [0.1, 0.15) is 23.2 Å². The molecule has 6 heteroatoms. The number of piperidine rings is 1. The third-order valence-corrected chi connectivity index (χ3v) is 5.89. The Hall–Kier alpha value is -2.60. The third kappa shape index (κ3) is 2.22. The molecule has 3 aromatic rings. The number of nitrogens with zero attached hydrogens (tertiary/aromatic N) is 1. The summed E-state index contributed by atoms with van der Waals surface area (Å²) in [5, 5.41) is 5.04. The van der Waals surface area contributed by atoms with E-state index in [1.165, 1.54) is 18.9 Å². The molecule has 1 amide bonds. The number of aromatic nitrogens is 1. The molecule has 0 aliphatic carbocycles. The topological polar surface area (TPSA) is 74.2 Å². The van der Waals surface area contributed by atoms with Crippen LogP contribution in [0.5, 0.6) is 0 Å². The van der Waals surface area contributed by atoms with Crippen LogP contribution < -0.4 is 16.0 Å². The van der Waals surface area contributed by atoms with Crippen molar-refractivity contribution in [2.24, 2.45) is 11.7 Å². The van der Waals surface area contributed by atoms with Crippen LogP contribution in [0, 0.1) is 11.7 Å². The van der Waals surface area contributed by atoms with Crippen LogP contribution in [0.4, 0.5) is 10.1 Å². The number of halogens is 1. The zero-order valence-electron chi connectivity index (χ0n) is 14.4. The van der Waals surface area contributed by atoms with Gasteiger partial charge in [-0.15, -0.1) is 0 Å². The van der Waals surface area contributed by atoms with Gasteiger partial charge in [0.2, 0.25) is 5.91 Å². The molecular weight excluding hydrogens is 331 g/mol. The van der Waals surface area contributed by atoms with Gasteiger partial charge in [-0.05, 0) is 49.6 Å². The van der Waals surface area contributed by atoms with Crippen molar-refractivity contribution in [3.63, 3.8) is 0 Å². The van der Waals surface area contributed by atoms with Crippen molar-refractivity contribution >= 4 is 33.4 Å². The highest BCUT2D eigenvalue weighted by Gasteiger charge is 2.36. The van der Waals surface area contributed by atoms with Gasteiger partial charge in [-0.2, -0.15) is 0 Å². The van der Waals surface area contributed by atoms with Crippen LogP contribution in [-0.2, 0) is 0 Å². The molecule has 4 N–H and O–H groups in total. The summed E-state index contributed by atoms with van der Waals surface area (Å²) in [4.78, 5) is 17.4. The molecule has 2 aliphatic heterocycles. The van der Waals surface area contributed by atoms with Crippen LogP contribution in [0.2, 0.25) is 0 Å². The standard InChI is InChI=1S/C20H21FN4O/c21-13-6-7-15-18(17-12(20(22)26)4-1-5-14(17)24-15)19(13)25-9-11-3-2-8-23-16(11)10-25/h1,4-7,11,16,23-24H,2-3,8-10H2,(H2,22,26). The number of amides is 1. The first-order chi connectivity index (χ1) is 12.6. The number of carbonyl (C=O) groups excluding carboxylic acids is 1. The maximum absolute atomic E-state index is 15.0. The molecule has 1 aromatic heterocycles. The fraction of sp³-hybridized carbons (Fsp3) is 0.350. The zero-order valence-corrected chi connectivity index (χ0v) is 14.4. The van der Waals surface area contributed by atoms with E-state index in [1.807, 2.05) is 6.07 Å². The first-order valence-corrected chi connectivity index (χ1v) is 9.14. The van der Waals surface area contributed by atoms with Crippen molar-refractivity contribution in [2.75, 3.05) is 24.5 Å². The summed E-state index contributed by atoms with van der Waals surface area (Å²) in [5.74, 6) is -0.209. The second kappa shape index (κ2) is 5.71. The molecule has 0 radical (unpaired) electrons. The molecule has 2 unspecified atom stereocenters. The Bertz CT molecular complexity index is 1010. The molecule has 2 fully saturated rings. The number of H-pyrrole nitrogens is 1. The van der Waals surface area contributed by atoms with E-state index in [1.54, 1.807) is 18.2 Å². The van der Waals surface area contributed by atoms with E-state index in [0.29, 0.717) is 28.6 Å². The molecule has 0 bridgehead atoms. The lowest BCUT2D eigenvalue weighted by Crippen LogP contribution is -2.40. The Morgan fingerprint density at radius 3 is 2.81 bits per heavy atom. The summed E-state index contributed by atoms with van der Waals surface area (Å²) in [6, 6.07) is 9.04. The number of hydrogen-bond donors (Lipinski definition) is 3. The highest BCUT2D eigenvalue weighted by atomic mass is 19.1. The summed E-state index contributed by atoms with van der Waals surface area (Å²) < 4.78 is 15.0. The number of benzene rings is 2. The van der Waals surface area contributed by atoms with E-state index in [-0.39, 0.29) is 5.82 Å². The monoisotopic (exact) mass is 352 g/mol. The highest BCUT2D eigenvalue weighted by molar-refractivity contribution is 6.21. The number of fused-ring (bicyclic) bond motifs is 4.